The molecule has 7 heteroatoms. The van der Waals surface area contributed by atoms with Crippen LogP contribution < -0.4 is 10.1 Å². The summed E-state index contributed by atoms with van der Waals surface area (Å²) >= 11 is 1.50. The number of benzene rings is 1. The molecule has 1 aromatic carbocycles. The molecule has 2 heterocycles. The van der Waals surface area contributed by atoms with Gasteiger partial charge in [0, 0.05) is 17.7 Å². The zero-order valence-electron chi connectivity index (χ0n) is 15.0. The van der Waals surface area contributed by atoms with Crippen molar-refractivity contribution >= 4 is 34.3 Å². The number of nitrogens with one attached hydrogen (secondary N) is 1. The average Bonchev–Trinajstić information content (AvgIpc) is 3.11. The highest BCUT2D eigenvalue weighted by Crippen LogP contribution is 2.29. The number of pyridine rings is 1. The van der Waals surface area contributed by atoms with Crippen LogP contribution in [-0.4, -0.2) is 23.0 Å². The Morgan fingerprint density at radius 2 is 2.11 bits per heavy atom. The third-order valence-corrected chi connectivity index (χ3v) is 4.44. The summed E-state index contributed by atoms with van der Waals surface area (Å²) in [4.78, 5) is 20.1. The van der Waals surface area contributed by atoms with Gasteiger partial charge < -0.3 is 14.8 Å². The van der Waals surface area contributed by atoms with Gasteiger partial charge in [0.05, 0.1) is 12.8 Å². The van der Waals surface area contributed by atoms with Gasteiger partial charge in [-0.3, -0.25) is 0 Å². The maximum atomic E-state index is 11.3. The van der Waals surface area contributed by atoms with Gasteiger partial charge in [-0.05, 0) is 30.2 Å². The molecule has 0 spiro atoms. The lowest BCUT2D eigenvalue weighted by atomic mass is 10.2. The number of hydrogen-bond donors (Lipinski definition) is 1. The van der Waals surface area contributed by atoms with Crippen molar-refractivity contribution in [3.63, 3.8) is 0 Å². The molecule has 0 unspecified atom stereocenters. The third-order valence-electron chi connectivity index (χ3n) is 3.57. The number of aromatic nitrogens is 2. The number of carbonyl (C=O) groups is 1. The fourth-order valence-electron chi connectivity index (χ4n) is 2.24. The predicted octanol–water partition coefficient (Wildman–Crippen LogP) is 4.36. The number of ether oxygens (including phenoxy) is 2. The number of hydrogen-bond acceptors (Lipinski definition) is 7. The molecule has 0 aliphatic carbocycles. The first-order valence-corrected chi connectivity index (χ1v) is 9.14. The van der Waals surface area contributed by atoms with Crippen molar-refractivity contribution in [3.8, 4) is 5.75 Å². The minimum Gasteiger partial charge on any atom is -0.485 e. The Kier molecular flexibility index (Phi) is 6.17. The van der Waals surface area contributed by atoms with Crippen LogP contribution in [0.4, 0.5) is 10.9 Å². The molecule has 1 N–H and O–H groups in total. The standard InChI is InChI=1S/C20H19N3O3S/c1-14-13-27-20(22-14)23-19-17(26-12-15-6-4-3-5-7-15)10-16(11-21-19)8-9-18(24)25-2/h3-11,13H,12H2,1-2H3,(H,21,22,23)/b9-8+. The molecule has 0 atom stereocenters. The van der Waals surface area contributed by atoms with Crippen LogP contribution in [0, 0.1) is 6.92 Å². The molecule has 3 aromatic rings. The highest BCUT2D eigenvalue weighted by molar-refractivity contribution is 7.13. The first-order chi connectivity index (χ1) is 13.1. The molecule has 0 fully saturated rings. The van der Waals surface area contributed by atoms with Crippen molar-refractivity contribution in [2.45, 2.75) is 13.5 Å². The summed E-state index contributed by atoms with van der Waals surface area (Å²) in [5.74, 6) is 0.705. The molecule has 6 nitrogen and oxygen atoms in total. The Hall–Kier alpha value is -3.19. The van der Waals surface area contributed by atoms with E-state index >= 15 is 0 Å². The van der Waals surface area contributed by atoms with Crippen molar-refractivity contribution < 1.29 is 14.3 Å². The van der Waals surface area contributed by atoms with Crippen LogP contribution >= 0.6 is 11.3 Å². The summed E-state index contributed by atoms with van der Waals surface area (Å²) in [7, 11) is 1.34. The first-order valence-electron chi connectivity index (χ1n) is 8.26. The van der Waals surface area contributed by atoms with E-state index in [-0.39, 0.29) is 0 Å². The molecule has 3 rings (SSSR count). The predicted molar refractivity (Wildman–Crippen MR) is 106 cm³/mol. The van der Waals surface area contributed by atoms with E-state index in [1.165, 1.54) is 24.5 Å². The van der Waals surface area contributed by atoms with Gasteiger partial charge in [-0.15, -0.1) is 11.3 Å². The van der Waals surface area contributed by atoms with Gasteiger partial charge in [-0.25, -0.2) is 14.8 Å². The van der Waals surface area contributed by atoms with Gasteiger partial charge in [0.25, 0.3) is 0 Å². The van der Waals surface area contributed by atoms with Gasteiger partial charge in [0.1, 0.15) is 6.61 Å². The smallest absolute Gasteiger partial charge is 0.330 e. The lowest BCUT2D eigenvalue weighted by Gasteiger charge is -2.12. The SMILES string of the molecule is COC(=O)/C=C/c1cnc(Nc2nc(C)cs2)c(OCc2ccccc2)c1. The van der Waals surface area contributed by atoms with Gasteiger partial charge in [0.2, 0.25) is 0 Å². The van der Waals surface area contributed by atoms with Crippen LogP contribution in [0.25, 0.3) is 6.08 Å². The summed E-state index contributed by atoms with van der Waals surface area (Å²) in [6.07, 6.45) is 4.62. The molecule has 138 valence electrons. The van der Waals surface area contributed by atoms with E-state index in [4.69, 9.17) is 4.74 Å². The summed E-state index contributed by atoms with van der Waals surface area (Å²) in [6, 6.07) is 11.7. The van der Waals surface area contributed by atoms with Gasteiger partial charge in [-0.2, -0.15) is 0 Å². The Morgan fingerprint density at radius 1 is 1.30 bits per heavy atom. The summed E-state index contributed by atoms with van der Waals surface area (Å²) in [5.41, 5.74) is 2.71. The van der Waals surface area contributed by atoms with Crippen molar-refractivity contribution in [1.29, 1.82) is 0 Å². The summed E-state index contributed by atoms with van der Waals surface area (Å²) < 4.78 is 10.6. The highest BCUT2D eigenvalue weighted by atomic mass is 32.1. The number of nitrogens with zero attached hydrogens (tertiary/aromatic N) is 2. The number of aryl methyl sites for hydroxylation is 1. The molecule has 27 heavy (non-hydrogen) atoms. The minimum atomic E-state index is -0.429. The number of rotatable bonds is 7. The average molecular weight is 381 g/mol. The Labute approximate surface area is 161 Å². The molecule has 0 aliphatic rings. The summed E-state index contributed by atoms with van der Waals surface area (Å²) in [5, 5.41) is 5.89. The van der Waals surface area contributed by atoms with E-state index in [1.54, 1.807) is 12.3 Å². The molecule has 2 aromatic heterocycles. The molecule has 0 saturated carbocycles. The van der Waals surface area contributed by atoms with Gasteiger partial charge >= 0.3 is 5.97 Å². The van der Waals surface area contributed by atoms with Gasteiger partial charge in [-0.1, -0.05) is 30.3 Å². The highest BCUT2D eigenvalue weighted by Gasteiger charge is 2.10. The fraction of sp³-hybridized carbons (Fsp3) is 0.150. The normalized spacial score (nSPS) is 10.7. The van der Waals surface area contributed by atoms with Crippen LogP contribution in [-0.2, 0) is 16.1 Å². The summed E-state index contributed by atoms with van der Waals surface area (Å²) in [6.45, 7) is 2.33. The first kappa shape index (κ1) is 18.6. The number of methoxy groups -OCH3 is 1. The third kappa shape index (κ3) is 5.39. The van der Waals surface area contributed by atoms with Crippen molar-refractivity contribution in [2.75, 3.05) is 12.4 Å². The zero-order chi connectivity index (χ0) is 19.1. The Morgan fingerprint density at radius 3 is 2.81 bits per heavy atom. The molecule has 0 aliphatic heterocycles. The van der Waals surface area contributed by atoms with Crippen molar-refractivity contribution in [2.24, 2.45) is 0 Å². The molecule has 0 radical (unpaired) electrons. The molecule has 0 saturated heterocycles. The van der Waals surface area contributed by atoms with Crippen LogP contribution in [0.15, 0.2) is 54.1 Å². The number of anilines is 2. The zero-order valence-corrected chi connectivity index (χ0v) is 15.8. The van der Waals surface area contributed by atoms with E-state index in [9.17, 15) is 4.79 Å². The molecular formula is C20H19N3O3S. The maximum Gasteiger partial charge on any atom is 0.330 e. The van der Waals surface area contributed by atoms with E-state index in [1.807, 2.05) is 48.7 Å². The number of thiazole rings is 1. The number of esters is 1. The second kappa shape index (κ2) is 8.95. The monoisotopic (exact) mass is 381 g/mol. The molecular weight excluding hydrogens is 362 g/mol. The van der Waals surface area contributed by atoms with E-state index in [0.717, 1.165) is 22.0 Å². The largest absolute Gasteiger partial charge is 0.485 e. The topological polar surface area (TPSA) is 73.3 Å². The van der Waals surface area contributed by atoms with Crippen LogP contribution in [0.1, 0.15) is 16.8 Å². The maximum absolute atomic E-state index is 11.3. The van der Waals surface area contributed by atoms with Crippen molar-refractivity contribution in [1.82, 2.24) is 9.97 Å². The van der Waals surface area contributed by atoms with E-state index in [0.29, 0.717) is 18.2 Å². The van der Waals surface area contributed by atoms with E-state index < -0.39 is 5.97 Å². The molecule has 0 amide bonds. The number of carbonyl (C=O) groups excluding carboxylic acids is 1. The Bertz CT molecular complexity index is 939. The van der Waals surface area contributed by atoms with Crippen LogP contribution in [0.5, 0.6) is 5.75 Å². The Balaban J connectivity index is 1.83. The fourth-order valence-corrected chi connectivity index (χ4v) is 2.92. The quantitative estimate of drug-likeness (QED) is 0.484. The lowest BCUT2D eigenvalue weighted by molar-refractivity contribution is -0.134. The molecule has 0 bridgehead atoms. The van der Waals surface area contributed by atoms with Crippen LogP contribution in [0.3, 0.4) is 0 Å². The van der Waals surface area contributed by atoms with Gasteiger partial charge in [0.15, 0.2) is 16.7 Å². The minimum absolute atomic E-state index is 0.401. The van der Waals surface area contributed by atoms with Crippen LogP contribution in [0.2, 0.25) is 0 Å². The second-order valence-electron chi connectivity index (χ2n) is 5.67. The lowest BCUT2D eigenvalue weighted by Crippen LogP contribution is -2.02. The van der Waals surface area contributed by atoms with E-state index in [2.05, 4.69) is 20.0 Å². The second-order valence-corrected chi connectivity index (χ2v) is 6.52. The van der Waals surface area contributed by atoms with Crippen molar-refractivity contribution in [3.05, 3.63) is 70.9 Å².